The van der Waals surface area contributed by atoms with Gasteiger partial charge in [-0.1, -0.05) is 66.8 Å². The van der Waals surface area contributed by atoms with Crippen LogP contribution in [0.3, 0.4) is 0 Å². The molecule has 0 fully saturated rings. The highest BCUT2D eigenvalue weighted by Crippen LogP contribution is 2.40. The van der Waals surface area contributed by atoms with E-state index < -0.39 is 5.91 Å². The van der Waals surface area contributed by atoms with Gasteiger partial charge < -0.3 is 10.4 Å². The average molecular weight is 430 g/mol. The first kappa shape index (κ1) is 20.4. The monoisotopic (exact) mass is 429 g/mol. The Balaban J connectivity index is 1.74. The molecular weight excluding hydrogens is 410 g/mol. The molecule has 1 aliphatic carbocycles. The molecule has 0 bridgehead atoms. The lowest BCUT2D eigenvalue weighted by atomic mass is 9.96. The number of aryl methyl sites for hydroxylation is 1. The van der Waals surface area contributed by atoms with Crippen LogP contribution in [-0.4, -0.2) is 22.0 Å². The van der Waals surface area contributed by atoms with Crippen LogP contribution in [0.5, 0.6) is 5.75 Å². The Hall–Kier alpha value is -3.83. The van der Waals surface area contributed by atoms with Gasteiger partial charge in [-0.15, -0.1) is 10.2 Å². The summed E-state index contributed by atoms with van der Waals surface area (Å²) in [6, 6.07) is 10.9. The normalized spacial score (nSPS) is 17.8. The summed E-state index contributed by atoms with van der Waals surface area (Å²) in [7, 11) is 0. The number of phenolic OH excluding ortho intramolecular Hbond substituents is 1. The third kappa shape index (κ3) is 4.09. The summed E-state index contributed by atoms with van der Waals surface area (Å²) in [4.78, 5) is 17.7. The zero-order valence-electron chi connectivity index (χ0n) is 16.9. The molecule has 0 saturated carbocycles. The van der Waals surface area contributed by atoms with Gasteiger partial charge in [-0.3, -0.25) is 4.79 Å². The van der Waals surface area contributed by atoms with E-state index in [1.165, 1.54) is 0 Å². The molecule has 2 N–H and O–H groups in total. The Morgan fingerprint density at radius 2 is 2.03 bits per heavy atom. The Kier molecular flexibility index (Phi) is 5.60. The highest BCUT2D eigenvalue weighted by molar-refractivity contribution is 7.15. The van der Waals surface area contributed by atoms with Crippen molar-refractivity contribution in [1.82, 2.24) is 10.3 Å². The first-order chi connectivity index (χ1) is 15.0. The number of phenols is 1. The molecule has 1 aliphatic rings. The van der Waals surface area contributed by atoms with Crippen LogP contribution in [0.1, 0.15) is 27.9 Å². The number of nitrogens with one attached hydrogen (secondary N) is 1. The fraction of sp³-hybridized carbons (Fsp3) is 0.174. The Morgan fingerprint density at radius 1 is 1.26 bits per heavy atom. The van der Waals surface area contributed by atoms with Gasteiger partial charge in [0.1, 0.15) is 16.6 Å². The lowest BCUT2D eigenvalue weighted by Gasteiger charge is -2.22. The molecule has 0 saturated heterocycles. The van der Waals surface area contributed by atoms with Crippen LogP contribution in [0.25, 0.3) is 10.8 Å². The first-order valence-electron chi connectivity index (χ1n) is 9.67. The maximum Gasteiger partial charge on any atom is 0.255 e. The average Bonchev–Trinajstić information content (AvgIpc) is 3.13. The molecule has 8 heteroatoms. The van der Waals surface area contributed by atoms with E-state index in [2.05, 4.69) is 26.6 Å². The number of azo groups is 1. The van der Waals surface area contributed by atoms with Gasteiger partial charge >= 0.3 is 0 Å². The lowest BCUT2D eigenvalue weighted by Crippen LogP contribution is -2.38. The van der Waals surface area contributed by atoms with Gasteiger partial charge in [0.25, 0.3) is 5.91 Å². The van der Waals surface area contributed by atoms with Crippen molar-refractivity contribution in [3.05, 3.63) is 70.8 Å². The number of nitriles is 1. The maximum atomic E-state index is 13.0. The van der Waals surface area contributed by atoms with Crippen LogP contribution in [0, 0.1) is 24.2 Å². The van der Waals surface area contributed by atoms with Crippen molar-refractivity contribution in [1.29, 1.82) is 5.26 Å². The van der Waals surface area contributed by atoms with E-state index in [0.29, 0.717) is 21.1 Å². The number of hydrogen-bond donors (Lipinski definition) is 2. The van der Waals surface area contributed by atoms with E-state index in [4.69, 9.17) is 5.26 Å². The van der Waals surface area contributed by atoms with Gasteiger partial charge in [-0.2, -0.15) is 5.26 Å². The zero-order valence-corrected chi connectivity index (χ0v) is 17.7. The molecule has 2 unspecified atom stereocenters. The standard InChI is InChI=1S/C23H19N5O2S/c1-13-7-3-6-10-18(13)26-22(30)17-11-15-8-4-5-9-16(15)20(21(17)29)27-28-23-25-14(2)19(12-24)31-23/h3-11,13,18,29H,1-2H3,(H,26,30). The van der Waals surface area contributed by atoms with E-state index >= 15 is 0 Å². The van der Waals surface area contributed by atoms with E-state index in [0.717, 1.165) is 16.7 Å². The van der Waals surface area contributed by atoms with Crippen molar-refractivity contribution in [2.45, 2.75) is 19.9 Å². The van der Waals surface area contributed by atoms with Crippen LogP contribution in [0.15, 0.2) is 64.9 Å². The number of rotatable bonds is 4. The molecule has 4 rings (SSSR count). The summed E-state index contributed by atoms with van der Waals surface area (Å²) in [5, 5.41) is 33.0. The largest absolute Gasteiger partial charge is 0.505 e. The number of carbonyl (C=O) groups excluding carboxylic acids is 1. The molecule has 31 heavy (non-hydrogen) atoms. The third-order valence-corrected chi connectivity index (χ3v) is 6.02. The van der Waals surface area contributed by atoms with Crippen molar-refractivity contribution in [3.63, 3.8) is 0 Å². The number of thiazole rings is 1. The van der Waals surface area contributed by atoms with Crippen LogP contribution in [-0.2, 0) is 0 Å². The number of hydrogen-bond acceptors (Lipinski definition) is 7. The number of fused-ring (bicyclic) bond motifs is 1. The van der Waals surface area contributed by atoms with Crippen molar-refractivity contribution < 1.29 is 9.90 Å². The number of allylic oxidation sites excluding steroid dienone is 2. The molecule has 0 radical (unpaired) electrons. The molecule has 1 amide bonds. The van der Waals surface area contributed by atoms with Crippen LogP contribution in [0.4, 0.5) is 10.8 Å². The maximum absolute atomic E-state index is 13.0. The molecule has 1 aromatic heterocycles. The Labute approximate surface area is 183 Å². The Morgan fingerprint density at radius 3 is 2.77 bits per heavy atom. The predicted molar refractivity (Wildman–Crippen MR) is 120 cm³/mol. The minimum atomic E-state index is -0.395. The summed E-state index contributed by atoms with van der Waals surface area (Å²) in [5.74, 6) is -0.511. The SMILES string of the molecule is Cc1nc(N=Nc2c(O)c(C(=O)NC3C=CC=CC3C)cc3ccccc23)sc1C#N. The number of amides is 1. The molecule has 2 aromatic carbocycles. The van der Waals surface area contributed by atoms with Gasteiger partial charge in [-0.25, -0.2) is 4.98 Å². The van der Waals surface area contributed by atoms with E-state index in [1.807, 2.05) is 49.4 Å². The van der Waals surface area contributed by atoms with Gasteiger partial charge in [-0.05, 0) is 24.3 Å². The molecule has 3 aromatic rings. The number of carbonyl (C=O) groups is 1. The number of benzene rings is 2. The number of aromatic hydroxyl groups is 1. The zero-order chi connectivity index (χ0) is 22.0. The smallest absolute Gasteiger partial charge is 0.255 e. The molecule has 0 spiro atoms. The fourth-order valence-electron chi connectivity index (χ4n) is 3.34. The van der Waals surface area contributed by atoms with Gasteiger partial charge in [0.15, 0.2) is 5.75 Å². The van der Waals surface area contributed by atoms with Gasteiger partial charge in [0, 0.05) is 5.39 Å². The minimum Gasteiger partial charge on any atom is -0.505 e. The fourth-order valence-corrected chi connectivity index (χ4v) is 4.03. The van der Waals surface area contributed by atoms with Gasteiger partial charge in [0.05, 0.1) is 17.3 Å². The van der Waals surface area contributed by atoms with Crippen LogP contribution in [0.2, 0.25) is 0 Å². The second kappa shape index (κ2) is 8.50. The second-order valence-electron chi connectivity index (χ2n) is 7.19. The second-order valence-corrected chi connectivity index (χ2v) is 8.17. The molecule has 154 valence electrons. The van der Waals surface area contributed by atoms with E-state index in [9.17, 15) is 9.90 Å². The highest BCUT2D eigenvalue weighted by Gasteiger charge is 2.22. The molecule has 7 nitrogen and oxygen atoms in total. The topological polar surface area (TPSA) is 111 Å². The molecular formula is C23H19N5O2S. The summed E-state index contributed by atoms with van der Waals surface area (Å²) in [6.07, 6.45) is 7.75. The summed E-state index contributed by atoms with van der Waals surface area (Å²) >= 11 is 1.12. The first-order valence-corrected chi connectivity index (χ1v) is 10.5. The Bertz CT molecular complexity index is 1300. The van der Waals surface area contributed by atoms with Crippen molar-refractivity contribution in [2.24, 2.45) is 16.1 Å². The van der Waals surface area contributed by atoms with Crippen molar-refractivity contribution >= 4 is 38.8 Å². The highest BCUT2D eigenvalue weighted by atomic mass is 32.1. The molecule has 1 heterocycles. The van der Waals surface area contributed by atoms with Crippen LogP contribution < -0.4 is 5.32 Å². The van der Waals surface area contributed by atoms with Crippen molar-refractivity contribution in [3.8, 4) is 11.8 Å². The summed E-state index contributed by atoms with van der Waals surface area (Å²) < 4.78 is 0. The van der Waals surface area contributed by atoms with Crippen LogP contribution >= 0.6 is 11.3 Å². The number of aromatic nitrogens is 1. The summed E-state index contributed by atoms with van der Waals surface area (Å²) in [5.41, 5.74) is 0.880. The molecule has 2 atom stereocenters. The number of nitrogens with zero attached hydrogens (tertiary/aromatic N) is 4. The minimum absolute atomic E-state index is 0.121. The molecule has 0 aliphatic heterocycles. The van der Waals surface area contributed by atoms with Crippen molar-refractivity contribution in [2.75, 3.05) is 0 Å². The van der Waals surface area contributed by atoms with E-state index in [1.54, 1.807) is 19.1 Å². The summed E-state index contributed by atoms with van der Waals surface area (Å²) in [6.45, 7) is 3.73. The predicted octanol–water partition coefficient (Wildman–Crippen LogP) is 5.46. The third-order valence-electron chi connectivity index (χ3n) is 5.07. The van der Waals surface area contributed by atoms with Gasteiger partial charge in [0.2, 0.25) is 5.13 Å². The quantitative estimate of drug-likeness (QED) is 0.537. The van der Waals surface area contributed by atoms with E-state index in [-0.39, 0.29) is 29.0 Å². The lowest BCUT2D eigenvalue weighted by molar-refractivity contribution is 0.0936.